The van der Waals surface area contributed by atoms with Crippen molar-refractivity contribution in [2.75, 3.05) is 16.8 Å². The molecule has 26 heavy (non-hydrogen) atoms. The van der Waals surface area contributed by atoms with Crippen LogP contribution in [0.2, 0.25) is 0 Å². The fourth-order valence-electron chi connectivity index (χ4n) is 2.56. The van der Waals surface area contributed by atoms with Crippen molar-refractivity contribution in [3.05, 3.63) is 54.1 Å². The van der Waals surface area contributed by atoms with Gasteiger partial charge in [-0.2, -0.15) is 0 Å². The van der Waals surface area contributed by atoms with E-state index in [1.807, 2.05) is 56.3 Å². The smallest absolute Gasteiger partial charge is 0.244 e. The standard InChI is InChI=1S/C21H26N2O3/c1-5-17-10-12-18(13-11-17)23(16(4)24)14-21(25)22-19-8-6-7-9-20(19)26-15(2)3/h6-13,15H,5,14H2,1-4H3,(H,22,25). The zero-order valence-corrected chi connectivity index (χ0v) is 15.8. The van der Waals surface area contributed by atoms with Crippen LogP contribution in [0, 0.1) is 0 Å². The normalized spacial score (nSPS) is 10.5. The van der Waals surface area contributed by atoms with Crippen LogP contribution in [-0.2, 0) is 16.0 Å². The Labute approximate surface area is 155 Å². The Balaban J connectivity index is 2.12. The van der Waals surface area contributed by atoms with Crippen LogP contribution < -0.4 is 15.0 Å². The van der Waals surface area contributed by atoms with Gasteiger partial charge in [-0.25, -0.2) is 0 Å². The van der Waals surface area contributed by atoms with Gasteiger partial charge in [0, 0.05) is 12.6 Å². The summed E-state index contributed by atoms with van der Waals surface area (Å²) in [5.41, 5.74) is 2.48. The molecule has 0 atom stereocenters. The number of carbonyl (C=O) groups excluding carboxylic acids is 2. The summed E-state index contributed by atoms with van der Waals surface area (Å²) < 4.78 is 5.71. The molecule has 2 aromatic carbocycles. The van der Waals surface area contributed by atoms with E-state index in [2.05, 4.69) is 12.2 Å². The number of anilines is 2. The summed E-state index contributed by atoms with van der Waals surface area (Å²) in [5.74, 6) is 0.146. The Kier molecular flexibility index (Phi) is 6.78. The molecule has 138 valence electrons. The highest BCUT2D eigenvalue weighted by Crippen LogP contribution is 2.25. The molecule has 0 aliphatic rings. The molecule has 0 fully saturated rings. The molecule has 0 heterocycles. The highest BCUT2D eigenvalue weighted by Gasteiger charge is 2.17. The second kappa shape index (κ2) is 9.04. The monoisotopic (exact) mass is 354 g/mol. The molecule has 2 rings (SSSR count). The number of carbonyl (C=O) groups is 2. The molecule has 1 N–H and O–H groups in total. The van der Waals surface area contributed by atoms with Gasteiger partial charge in [-0.3, -0.25) is 9.59 Å². The van der Waals surface area contributed by atoms with E-state index in [4.69, 9.17) is 4.74 Å². The molecule has 0 aromatic heterocycles. The first-order valence-electron chi connectivity index (χ1n) is 8.83. The zero-order chi connectivity index (χ0) is 19.1. The van der Waals surface area contributed by atoms with Crippen molar-refractivity contribution in [2.24, 2.45) is 0 Å². The molecular formula is C21H26N2O3. The number of hydrogen-bond acceptors (Lipinski definition) is 3. The molecule has 5 heteroatoms. The molecular weight excluding hydrogens is 328 g/mol. The SMILES string of the molecule is CCc1ccc(N(CC(=O)Nc2ccccc2OC(C)C)C(C)=O)cc1. The lowest BCUT2D eigenvalue weighted by molar-refractivity contribution is -0.120. The summed E-state index contributed by atoms with van der Waals surface area (Å²) in [6, 6.07) is 14.9. The maximum Gasteiger partial charge on any atom is 0.244 e. The van der Waals surface area contributed by atoms with Crippen molar-refractivity contribution < 1.29 is 14.3 Å². The number of para-hydroxylation sites is 2. The molecule has 2 amide bonds. The fourth-order valence-corrected chi connectivity index (χ4v) is 2.56. The van der Waals surface area contributed by atoms with Gasteiger partial charge in [-0.05, 0) is 50.1 Å². The molecule has 0 bridgehead atoms. The Morgan fingerprint density at radius 2 is 1.73 bits per heavy atom. The number of benzene rings is 2. The Morgan fingerprint density at radius 1 is 1.08 bits per heavy atom. The highest BCUT2D eigenvalue weighted by atomic mass is 16.5. The van der Waals surface area contributed by atoms with Crippen molar-refractivity contribution in [1.82, 2.24) is 0 Å². The van der Waals surface area contributed by atoms with E-state index in [9.17, 15) is 9.59 Å². The first-order chi connectivity index (χ1) is 12.4. The maximum atomic E-state index is 12.5. The summed E-state index contributed by atoms with van der Waals surface area (Å²) in [6.07, 6.45) is 0.923. The first-order valence-corrected chi connectivity index (χ1v) is 8.83. The van der Waals surface area contributed by atoms with E-state index in [1.54, 1.807) is 6.07 Å². The predicted molar refractivity (Wildman–Crippen MR) is 105 cm³/mol. The third-order valence-corrected chi connectivity index (χ3v) is 3.86. The second-order valence-electron chi connectivity index (χ2n) is 6.34. The van der Waals surface area contributed by atoms with Crippen molar-refractivity contribution in [3.8, 4) is 5.75 Å². The number of ether oxygens (including phenoxy) is 1. The molecule has 2 aromatic rings. The number of amides is 2. The van der Waals surface area contributed by atoms with Crippen molar-refractivity contribution in [2.45, 2.75) is 40.2 Å². The van der Waals surface area contributed by atoms with Crippen LogP contribution in [0.25, 0.3) is 0 Å². The van der Waals surface area contributed by atoms with E-state index in [-0.39, 0.29) is 24.5 Å². The number of aryl methyl sites for hydroxylation is 1. The second-order valence-corrected chi connectivity index (χ2v) is 6.34. The summed E-state index contributed by atoms with van der Waals surface area (Å²) in [7, 11) is 0. The molecule has 0 aliphatic carbocycles. The minimum absolute atomic E-state index is 0.00106. The van der Waals surface area contributed by atoms with Crippen LogP contribution in [0.1, 0.15) is 33.3 Å². The molecule has 0 saturated carbocycles. The van der Waals surface area contributed by atoms with E-state index in [0.29, 0.717) is 17.1 Å². The van der Waals surface area contributed by atoms with Crippen LogP contribution in [0.3, 0.4) is 0 Å². The van der Waals surface area contributed by atoms with Gasteiger partial charge in [-0.1, -0.05) is 31.2 Å². The molecule has 5 nitrogen and oxygen atoms in total. The molecule has 0 aliphatic heterocycles. The van der Waals surface area contributed by atoms with Crippen LogP contribution in [0.15, 0.2) is 48.5 Å². The lowest BCUT2D eigenvalue weighted by Gasteiger charge is -2.21. The third-order valence-electron chi connectivity index (χ3n) is 3.86. The summed E-state index contributed by atoms with van der Waals surface area (Å²) in [4.78, 5) is 26.0. The minimum atomic E-state index is -0.278. The lowest BCUT2D eigenvalue weighted by atomic mass is 10.1. The largest absolute Gasteiger partial charge is 0.489 e. The van der Waals surface area contributed by atoms with Gasteiger partial charge >= 0.3 is 0 Å². The van der Waals surface area contributed by atoms with Crippen molar-refractivity contribution in [1.29, 1.82) is 0 Å². The number of hydrogen-bond donors (Lipinski definition) is 1. The number of nitrogens with one attached hydrogen (secondary N) is 1. The van der Waals surface area contributed by atoms with Crippen molar-refractivity contribution >= 4 is 23.2 Å². The van der Waals surface area contributed by atoms with Gasteiger partial charge in [0.2, 0.25) is 11.8 Å². The van der Waals surface area contributed by atoms with Gasteiger partial charge in [0.25, 0.3) is 0 Å². The van der Waals surface area contributed by atoms with E-state index in [0.717, 1.165) is 6.42 Å². The topological polar surface area (TPSA) is 58.6 Å². The summed E-state index contributed by atoms with van der Waals surface area (Å²) >= 11 is 0. The van der Waals surface area contributed by atoms with Gasteiger partial charge in [0.05, 0.1) is 11.8 Å². The summed E-state index contributed by atoms with van der Waals surface area (Å²) in [6.45, 7) is 7.32. The fraction of sp³-hybridized carbons (Fsp3) is 0.333. The van der Waals surface area contributed by atoms with Crippen LogP contribution in [0.4, 0.5) is 11.4 Å². The van der Waals surface area contributed by atoms with E-state index >= 15 is 0 Å². The van der Waals surface area contributed by atoms with Gasteiger partial charge in [0.1, 0.15) is 12.3 Å². The van der Waals surface area contributed by atoms with E-state index < -0.39 is 0 Å². The summed E-state index contributed by atoms with van der Waals surface area (Å²) in [5, 5.41) is 2.84. The molecule has 0 radical (unpaired) electrons. The third kappa shape index (κ3) is 5.34. The van der Waals surface area contributed by atoms with E-state index in [1.165, 1.54) is 17.4 Å². The maximum absolute atomic E-state index is 12.5. The highest BCUT2D eigenvalue weighted by molar-refractivity contribution is 6.02. The number of nitrogens with zero attached hydrogens (tertiary/aromatic N) is 1. The Bertz CT molecular complexity index is 754. The Morgan fingerprint density at radius 3 is 2.31 bits per heavy atom. The lowest BCUT2D eigenvalue weighted by Crippen LogP contribution is -2.36. The molecule has 0 saturated heterocycles. The van der Waals surface area contributed by atoms with Gasteiger partial charge in [0.15, 0.2) is 0 Å². The van der Waals surface area contributed by atoms with Gasteiger partial charge in [-0.15, -0.1) is 0 Å². The molecule has 0 spiro atoms. The Hall–Kier alpha value is -2.82. The quantitative estimate of drug-likeness (QED) is 0.817. The zero-order valence-electron chi connectivity index (χ0n) is 15.8. The average Bonchev–Trinajstić information content (AvgIpc) is 2.61. The van der Waals surface area contributed by atoms with Crippen LogP contribution >= 0.6 is 0 Å². The average molecular weight is 354 g/mol. The van der Waals surface area contributed by atoms with Crippen molar-refractivity contribution in [3.63, 3.8) is 0 Å². The molecule has 0 unspecified atom stereocenters. The number of rotatable bonds is 7. The van der Waals surface area contributed by atoms with Crippen LogP contribution in [0.5, 0.6) is 5.75 Å². The first kappa shape index (κ1) is 19.5. The van der Waals surface area contributed by atoms with Gasteiger partial charge < -0.3 is 15.0 Å². The predicted octanol–water partition coefficient (Wildman–Crippen LogP) is 4.03. The van der Waals surface area contributed by atoms with Crippen LogP contribution in [-0.4, -0.2) is 24.5 Å². The minimum Gasteiger partial charge on any atom is -0.489 e.